The van der Waals surface area contributed by atoms with Gasteiger partial charge in [0.15, 0.2) is 0 Å². The maximum atomic E-state index is 10.5. The predicted molar refractivity (Wildman–Crippen MR) is 88.3 cm³/mol. The van der Waals surface area contributed by atoms with E-state index in [0.717, 1.165) is 11.3 Å². The molecule has 1 heterocycles. The SMILES string of the molecule is CC(C)c1ccc(C(O)C2CSC(C)C(C)S2)cc1. The summed E-state index contributed by atoms with van der Waals surface area (Å²) in [6.45, 7) is 8.94. The third kappa shape index (κ3) is 3.71. The molecule has 3 heteroatoms. The van der Waals surface area contributed by atoms with Crippen LogP contribution in [0.2, 0.25) is 0 Å². The van der Waals surface area contributed by atoms with Crippen LogP contribution in [0.4, 0.5) is 0 Å². The van der Waals surface area contributed by atoms with Crippen molar-refractivity contribution in [1.29, 1.82) is 0 Å². The molecule has 4 unspecified atom stereocenters. The Bertz CT molecular complexity index is 402. The van der Waals surface area contributed by atoms with Crippen molar-refractivity contribution in [3.05, 3.63) is 35.4 Å². The molecule has 1 aliphatic heterocycles. The minimum Gasteiger partial charge on any atom is -0.387 e. The molecular formula is C16H24OS2. The van der Waals surface area contributed by atoms with Crippen molar-refractivity contribution >= 4 is 23.5 Å². The third-order valence-corrected chi connectivity index (χ3v) is 7.35. The van der Waals surface area contributed by atoms with E-state index in [9.17, 15) is 5.11 Å². The zero-order valence-corrected chi connectivity index (χ0v) is 13.8. The van der Waals surface area contributed by atoms with Gasteiger partial charge >= 0.3 is 0 Å². The molecule has 0 bridgehead atoms. The summed E-state index contributed by atoms with van der Waals surface area (Å²) in [5.41, 5.74) is 2.40. The number of hydrogen-bond donors (Lipinski definition) is 1. The van der Waals surface area contributed by atoms with Gasteiger partial charge in [-0.2, -0.15) is 23.5 Å². The van der Waals surface area contributed by atoms with Gasteiger partial charge < -0.3 is 5.11 Å². The fourth-order valence-corrected chi connectivity index (χ4v) is 5.27. The highest BCUT2D eigenvalue weighted by Gasteiger charge is 2.31. The molecule has 19 heavy (non-hydrogen) atoms. The molecule has 1 aromatic rings. The number of aliphatic hydroxyl groups excluding tert-OH is 1. The smallest absolute Gasteiger partial charge is 0.0916 e. The van der Waals surface area contributed by atoms with Crippen molar-refractivity contribution in [3.8, 4) is 0 Å². The van der Waals surface area contributed by atoms with Gasteiger partial charge in [-0.25, -0.2) is 0 Å². The van der Waals surface area contributed by atoms with Crippen LogP contribution in [0.25, 0.3) is 0 Å². The van der Waals surface area contributed by atoms with Crippen LogP contribution in [0.3, 0.4) is 0 Å². The second kappa shape index (κ2) is 6.55. The van der Waals surface area contributed by atoms with Gasteiger partial charge in [0.25, 0.3) is 0 Å². The molecule has 1 nitrogen and oxygen atoms in total. The van der Waals surface area contributed by atoms with Gasteiger partial charge in [0, 0.05) is 21.5 Å². The molecule has 0 aromatic heterocycles. The Kier molecular flexibility index (Phi) is 5.27. The molecule has 1 N–H and O–H groups in total. The largest absolute Gasteiger partial charge is 0.387 e. The Labute approximate surface area is 125 Å². The van der Waals surface area contributed by atoms with Gasteiger partial charge in [-0.1, -0.05) is 52.0 Å². The van der Waals surface area contributed by atoms with E-state index in [1.807, 2.05) is 23.5 Å². The Balaban J connectivity index is 2.05. The Morgan fingerprint density at radius 3 is 2.16 bits per heavy atom. The standard InChI is InChI=1S/C16H24OS2/c1-10(2)13-5-7-14(8-6-13)16(17)15-9-18-11(3)12(4)19-15/h5-8,10-12,15-17H,9H2,1-4H3. The van der Waals surface area contributed by atoms with E-state index in [0.29, 0.717) is 21.7 Å². The van der Waals surface area contributed by atoms with Crippen LogP contribution in [0.15, 0.2) is 24.3 Å². The Hall–Kier alpha value is -0.120. The van der Waals surface area contributed by atoms with Gasteiger partial charge in [-0.15, -0.1) is 0 Å². The summed E-state index contributed by atoms with van der Waals surface area (Å²) in [6.07, 6.45) is -0.339. The summed E-state index contributed by atoms with van der Waals surface area (Å²) in [5, 5.41) is 12.2. The van der Waals surface area contributed by atoms with Gasteiger partial charge in [0.05, 0.1) is 6.10 Å². The molecule has 1 saturated heterocycles. The molecule has 0 aliphatic carbocycles. The zero-order chi connectivity index (χ0) is 14.0. The summed E-state index contributed by atoms with van der Waals surface area (Å²) in [6, 6.07) is 8.48. The molecule has 1 aliphatic rings. The summed E-state index contributed by atoms with van der Waals surface area (Å²) < 4.78 is 0. The highest BCUT2D eigenvalue weighted by atomic mass is 32.2. The number of rotatable bonds is 3. The topological polar surface area (TPSA) is 20.2 Å². The average molecular weight is 297 g/mol. The number of aliphatic hydroxyl groups is 1. The maximum Gasteiger partial charge on any atom is 0.0916 e. The lowest BCUT2D eigenvalue weighted by molar-refractivity contribution is 0.180. The molecule has 1 fully saturated rings. The Morgan fingerprint density at radius 2 is 1.63 bits per heavy atom. The van der Waals surface area contributed by atoms with Gasteiger partial charge in [0.2, 0.25) is 0 Å². The van der Waals surface area contributed by atoms with E-state index in [1.54, 1.807) is 0 Å². The first-order chi connectivity index (χ1) is 8.99. The van der Waals surface area contributed by atoms with Crippen LogP contribution in [0.5, 0.6) is 0 Å². The monoisotopic (exact) mass is 296 g/mol. The predicted octanol–water partition coefficient (Wildman–Crippen LogP) is 4.47. The molecule has 0 radical (unpaired) electrons. The van der Waals surface area contributed by atoms with Gasteiger partial charge in [0.1, 0.15) is 0 Å². The van der Waals surface area contributed by atoms with Crippen molar-refractivity contribution in [2.75, 3.05) is 5.75 Å². The molecular weight excluding hydrogens is 272 g/mol. The zero-order valence-electron chi connectivity index (χ0n) is 12.2. The lowest BCUT2D eigenvalue weighted by atomic mass is 9.99. The molecule has 1 aromatic carbocycles. The van der Waals surface area contributed by atoms with E-state index in [1.165, 1.54) is 5.56 Å². The first kappa shape index (κ1) is 15.3. The molecule has 106 valence electrons. The molecule has 4 atom stereocenters. The third-order valence-electron chi connectivity index (χ3n) is 3.87. The second-order valence-corrected chi connectivity index (χ2v) is 8.72. The van der Waals surface area contributed by atoms with E-state index in [-0.39, 0.29) is 6.10 Å². The quantitative estimate of drug-likeness (QED) is 0.888. The minimum absolute atomic E-state index is 0.320. The van der Waals surface area contributed by atoms with Crippen LogP contribution in [-0.2, 0) is 0 Å². The van der Waals surface area contributed by atoms with Crippen LogP contribution in [-0.4, -0.2) is 26.6 Å². The van der Waals surface area contributed by atoms with Crippen LogP contribution in [0.1, 0.15) is 50.8 Å². The van der Waals surface area contributed by atoms with E-state index >= 15 is 0 Å². The van der Waals surface area contributed by atoms with Crippen molar-refractivity contribution < 1.29 is 5.11 Å². The molecule has 0 amide bonds. The van der Waals surface area contributed by atoms with Crippen LogP contribution >= 0.6 is 23.5 Å². The number of benzene rings is 1. The normalized spacial score (nSPS) is 29.5. The van der Waals surface area contributed by atoms with E-state index in [2.05, 4.69) is 52.0 Å². The average Bonchev–Trinajstić information content (AvgIpc) is 2.41. The van der Waals surface area contributed by atoms with Crippen LogP contribution in [0, 0.1) is 0 Å². The summed E-state index contributed by atoms with van der Waals surface area (Å²) in [4.78, 5) is 0. The lowest BCUT2D eigenvalue weighted by Gasteiger charge is -2.34. The minimum atomic E-state index is -0.339. The summed E-state index contributed by atoms with van der Waals surface area (Å²) in [7, 11) is 0. The fourth-order valence-electron chi connectivity index (χ4n) is 2.27. The van der Waals surface area contributed by atoms with Crippen molar-refractivity contribution in [2.24, 2.45) is 0 Å². The highest BCUT2D eigenvalue weighted by molar-refractivity contribution is 8.07. The molecule has 0 saturated carbocycles. The van der Waals surface area contributed by atoms with Crippen molar-refractivity contribution in [2.45, 2.75) is 55.5 Å². The second-order valence-electron chi connectivity index (χ2n) is 5.68. The fraction of sp³-hybridized carbons (Fsp3) is 0.625. The summed E-state index contributed by atoms with van der Waals surface area (Å²) >= 11 is 3.92. The Morgan fingerprint density at radius 1 is 1.05 bits per heavy atom. The van der Waals surface area contributed by atoms with Crippen LogP contribution < -0.4 is 0 Å². The molecule has 0 spiro atoms. The number of hydrogen-bond acceptors (Lipinski definition) is 3. The van der Waals surface area contributed by atoms with Gasteiger partial charge in [-0.3, -0.25) is 0 Å². The molecule has 2 rings (SSSR count). The maximum absolute atomic E-state index is 10.5. The highest BCUT2D eigenvalue weighted by Crippen LogP contribution is 2.41. The van der Waals surface area contributed by atoms with Crippen molar-refractivity contribution in [1.82, 2.24) is 0 Å². The lowest BCUT2D eigenvalue weighted by Crippen LogP contribution is -2.30. The van der Waals surface area contributed by atoms with E-state index < -0.39 is 0 Å². The van der Waals surface area contributed by atoms with Crippen molar-refractivity contribution in [3.63, 3.8) is 0 Å². The summed E-state index contributed by atoms with van der Waals surface area (Å²) in [5.74, 6) is 1.59. The van der Waals surface area contributed by atoms with Gasteiger partial charge in [-0.05, 0) is 17.0 Å². The van der Waals surface area contributed by atoms with E-state index in [4.69, 9.17) is 0 Å². The number of thioether (sulfide) groups is 2. The first-order valence-electron chi connectivity index (χ1n) is 7.04. The first-order valence-corrected chi connectivity index (χ1v) is 9.03.